The van der Waals surface area contributed by atoms with Crippen LogP contribution in [0.25, 0.3) is 0 Å². The molecule has 5 rings (SSSR count). The van der Waals surface area contributed by atoms with Gasteiger partial charge in [0.1, 0.15) is 12.4 Å². The first-order valence-corrected chi connectivity index (χ1v) is 12.7. The van der Waals surface area contributed by atoms with Gasteiger partial charge in [0.15, 0.2) is 11.8 Å². The average Bonchev–Trinajstić information content (AvgIpc) is 3.57. The summed E-state index contributed by atoms with van der Waals surface area (Å²) in [5.41, 5.74) is 2.16. The lowest BCUT2D eigenvalue weighted by Gasteiger charge is -2.36. The fraction of sp³-hybridized carbons (Fsp3) is 0.250. The second-order valence-corrected chi connectivity index (χ2v) is 9.18. The van der Waals surface area contributed by atoms with Crippen molar-refractivity contribution in [3.63, 3.8) is 0 Å². The summed E-state index contributed by atoms with van der Waals surface area (Å²) in [7, 11) is 1.63. The third-order valence-electron chi connectivity index (χ3n) is 6.61. The number of thiocarbonyl (C=S) groups is 1. The van der Waals surface area contributed by atoms with E-state index in [9.17, 15) is 9.59 Å². The number of hydrogen-bond acceptors (Lipinski definition) is 8. The number of ether oxygens (including phenoxy) is 3. The lowest BCUT2D eigenvalue weighted by molar-refractivity contribution is 0.109. The van der Waals surface area contributed by atoms with Crippen LogP contribution in [0.5, 0.6) is 5.75 Å². The fourth-order valence-corrected chi connectivity index (χ4v) is 4.78. The van der Waals surface area contributed by atoms with Crippen LogP contribution >= 0.6 is 12.2 Å². The topological polar surface area (TPSA) is 92.4 Å². The molecule has 2 heterocycles. The maximum atomic E-state index is 13.0. The number of cyclic esters (lactones) is 2. The summed E-state index contributed by atoms with van der Waals surface area (Å²) < 4.78 is 16.2. The SMILES string of the molecule is COc1ccc(CNC(C=S)(Nc2ccccc2)[C@@H]2CN(c3ccc(N4CCOC4=O)cc3)C(=O)O2)cc1. The number of nitrogens with zero attached hydrogens (tertiary/aromatic N) is 2. The van der Waals surface area contributed by atoms with E-state index in [1.807, 2.05) is 54.6 Å². The molecular formula is C28H28N4O5S. The molecule has 0 bridgehead atoms. The normalized spacial score (nSPS) is 18.5. The lowest BCUT2D eigenvalue weighted by Crippen LogP contribution is -2.62. The molecule has 3 aromatic carbocycles. The van der Waals surface area contributed by atoms with Crippen molar-refractivity contribution in [2.75, 3.05) is 41.9 Å². The van der Waals surface area contributed by atoms with E-state index in [1.165, 1.54) is 0 Å². The van der Waals surface area contributed by atoms with Crippen LogP contribution in [-0.4, -0.2) is 56.1 Å². The standard InChI is InChI=1S/C28H28N4O5S/c1-35-24-13-7-20(8-14-24)17-29-28(19-38,30-21-5-3-2-4-6-21)25-18-32(27(34)37-25)23-11-9-22(10-12-23)31-15-16-36-26(31)33/h2-14,19,25,29-30H,15-18H2,1H3/t25-,28?/m0/s1. The van der Waals surface area contributed by atoms with Gasteiger partial charge in [0.05, 0.1) is 20.2 Å². The van der Waals surface area contributed by atoms with Gasteiger partial charge in [0, 0.05) is 29.0 Å². The van der Waals surface area contributed by atoms with E-state index in [0.717, 1.165) is 17.0 Å². The number of nitrogens with one attached hydrogen (secondary N) is 2. The van der Waals surface area contributed by atoms with Gasteiger partial charge in [-0.3, -0.25) is 15.1 Å². The minimum Gasteiger partial charge on any atom is -0.497 e. The minimum atomic E-state index is -1.04. The van der Waals surface area contributed by atoms with Crippen molar-refractivity contribution in [3.8, 4) is 5.75 Å². The summed E-state index contributed by atoms with van der Waals surface area (Å²) in [4.78, 5) is 28.0. The summed E-state index contributed by atoms with van der Waals surface area (Å²) in [6.07, 6.45) is -1.50. The summed E-state index contributed by atoms with van der Waals surface area (Å²) >= 11 is 5.53. The highest BCUT2D eigenvalue weighted by molar-refractivity contribution is 7.79. The van der Waals surface area contributed by atoms with E-state index in [-0.39, 0.29) is 12.6 Å². The quantitative estimate of drug-likeness (QED) is 0.290. The average molecular weight is 533 g/mol. The van der Waals surface area contributed by atoms with E-state index in [1.54, 1.807) is 46.5 Å². The second-order valence-electron chi connectivity index (χ2n) is 8.94. The van der Waals surface area contributed by atoms with Crippen LogP contribution < -0.4 is 25.2 Å². The van der Waals surface area contributed by atoms with Crippen molar-refractivity contribution in [1.82, 2.24) is 5.32 Å². The Kier molecular flexibility index (Phi) is 7.43. The lowest BCUT2D eigenvalue weighted by atomic mass is 10.0. The first kappa shape index (κ1) is 25.5. The molecule has 2 amide bonds. The Morgan fingerprint density at radius 2 is 1.66 bits per heavy atom. The van der Waals surface area contributed by atoms with E-state index < -0.39 is 17.9 Å². The number of benzene rings is 3. The van der Waals surface area contributed by atoms with Gasteiger partial charge in [-0.2, -0.15) is 0 Å². The van der Waals surface area contributed by atoms with Crippen LogP contribution in [0.4, 0.5) is 26.7 Å². The van der Waals surface area contributed by atoms with Crippen molar-refractivity contribution >= 4 is 46.8 Å². The van der Waals surface area contributed by atoms with Crippen molar-refractivity contribution in [2.45, 2.75) is 18.3 Å². The van der Waals surface area contributed by atoms with Crippen LogP contribution in [-0.2, 0) is 16.0 Å². The molecule has 2 fully saturated rings. The molecule has 2 N–H and O–H groups in total. The monoisotopic (exact) mass is 532 g/mol. The van der Waals surface area contributed by atoms with Crippen molar-refractivity contribution in [1.29, 1.82) is 0 Å². The number of methoxy groups -OCH3 is 1. The van der Waals surface area contributed by atoms with Gasteiger partial charge in [-0.1, -0.05) is 42.5 Å². The number of carbonyl (C=O) groups is 2. The van der Waals surface area contributed by atoms with Gasteiger partial charge in [-0.15, -0.1) is 0 Å². The Labute approximate surface area is 226 Å². The summed E-state index contributed by atoms with van der Waals surface area (Å²) in [6.45, 7) is 1.57. The minimum absolute atomic E-state index is 0.256. The number of hydrogen-bond donors (Lipinski definition) is 2. The smallest absolute Gasteiger partial charge is 0.414 e. The molecular weight excluding hydrogens is 504 g/mol. The molecule has 3 aromatic rings. The van der Waals surface area contributed by atoms with Gasteiger partial charge in [-0.25, -0.2) is 9.59 Å². The van der Waals surface area contributed by atoms with Gasteiger partial charge < -0.3 is 19.5 Å². The Balaban J connectivity index is 1.37. The van der Waals surface area contributed by atoms with Crippen LogP contribution in [0.1, 0.15) is 5.56 Å². The van der Waals surface area contributed by atoms with Gasteiger partial charge >= 0.3 is 12.2 Å². The largest absolute Gasteiger partial charge is 0.497 e. The second kappa shape index (κ2) is 11.1. The van der Waals surface area contributed by atoms with Crippen molar-refractivity contribution < 1.29 is 23.8 Å². The zero-order chi connectivity index (χ0) is 26.5. The van der Waals surface area contributed by atoms with Crippen LogP contribution in [0, 0.1) is 0 Å². The first-order valence-electron chi connectivity index (χ1n) is 12.2. The Bertz CT molecular complexity index is 1290. The molecule has 0 aromatic heterocycles. The number of anilines is 3. The third kappa shape index (κ3) is 5.27. The van der Waals surface area contributed by atoms with Crippen LogP contribution in [0.3, 0.4) is 0 Å². The Morgan fingerprint density at radius 1 is 0.974 bits per heavy atom. The molecule has 1 unspecified atom stereocenters. The third-order valence-corrected chi connectivity index (χ3v) is 6.98. The number of para-hydroxylation sites is 1. The summed E-state index contributed by atoms with van der Waals surface area (Å²) in [6, 6.07) is 24.5. The maximum Gasteiger partial charge on any atom is 0.414 e. The molecule has 10 heteroatoms. The Morgan fingerprint density at radius 3 is 2.26 bits per heavy atom. The molecule has 2 atom stereocenters. The van der Waals surface area contributed by atoms with Crippen LogP contribution in [0.2, 0.25) is 0 Å². The molecule has 2 aliphatic rings. The highest BCUT2D eigenvalue weighted by Gasteiger charge is 2.46. The highest BCUT2D eigenvalue weighted by Crippen LogP contribution is 2.30. The first-order chi connectivity index (χ1) is 18.5. The van der Waals surface area contributed by atoms with Crippen molar-refractivity contribution in [3.05, 3.63) is 84.4 Å². The van der Waals surface area contributed by atoms with Gasteiger partial charge in [0.25, 0.3) is 0 Å². The fourth-order valence-electron chi connectivity index (χ4n) is 4.49. The van der Waals surface area contributed by atoms with E-state index in [0.29, 0.717) is 31.1 Å². The molecule has 0 aliphatic carbocycles. The summed E-state index contributed by atoms with van der Waals surface area (Å²) in [5, 5.41) is 8.54. The molecule has 2 aliphatic heterocycles. The number of amides is 2. The zero-order valence-corrected chi connectivity index (χ0v) is 21.6. The predicted octanol–water partition coefficient (Wildman–Crippen LogP) is 4.57. The van der Waals surface area contributed by atoms with Crippen LogP contribution in [0.15, 0.2) is 78.9 Å². The van der Waals surface area contributed by atoms with E-state index >= 15 is 0 Å². The molecule has 0 saturated carbocycles. The molecule has 0 radical (unpaired) electrons. The molecule has 0 spiro atoms. The van der Waals surface area contributed by atoms with Crippen molar-refractivity contribution in [2.24, 2.45) is 0 Å². The number of rotatable bonds is 10. The van der Waals surface area contributed by atoms with Gasteiger partial charge in [-0.05, 0) is 54.1 Å². The highest BCUT2D eigenvalue weighted by atomic mass is 32.1. The molecule has 2 saturated heterocycles. The Hall–Kier alpha value is -4.15. The maximum absolute atomic E-state index is 13.0. The molecule has 196 valence electrons. The summed E-state index contributed by atoms with van der Waals surface area (Å²) in [5.74, 6) is 0.769. The van der Waals surface area contributed by atoms with E-state index in [4.69, 9.17) is 26.4 Å². The van der Waals surface area contributed by atoms with E-state index in [2.05, 4.69) is 10.6 Å². The van der Waals surface area contributed by atoms with Gasteiger partial charge in [0.2, 0.25) is 0 Å². The molecule has 38 heavy (non-hydrogen) atoms. The zero-order valence-electron chi connectivity index (χ0n) is 20.8. The number of carbonyl (C=O) groups excluding carboxylic acids is 2. The predicted molar refractivity (Wildman–Crippen MR) is 149 cm³/mol. The molecule has 9 nitrogen and oxygen atoms in total.